The van der Waals surface area contributed by atoms with Crippen LogP contribution < -0.4 is 9.47 Å². The molecular weight excluding hydrogens is 267 g/mol. The van der Waals surface area contributed by atoms with Crippen molar-refractivity contribution in [3.63, 3.8) is 0 Å². The van der Waals surface area contributed by atoms with Crippen LogP contribution in [0.4, 0.5) is 0 Å². The van der Waals surface area contributed by atoms with Crippen molar-refractivity contribution in [3.8, 4) is 11.5 Å². The second-order valence-corrected chi connectivity index (χ2v) is 3.72. The van der Waals surface area contributed by atoms with Crippen molar-refractivity contribution in [2.75, 3.05) is 13.2 Å². The van der Waals surface area contributed by atoms with Gasteiger partial charge in [-0.05, 0) is 7.05 Å². The molecule has 1 aromatic heterocycles. The molecular formula is C11H16NO2Y-. The maximum atomic E-state index is 5.62. The molecule has 1 aromatic rings. The molecule has 1 aliphatic rings. The van der Waals surface area contributed by atoms with E-state index in [0.29, 0.717) is 19.1 Å². The van der Waals surface area contributed by atoms with E-state index >= 15 is 0 Å². The monoisotopic (exact) mass is 283 g/mol. The maximum absolute atomic E-state index is 5.62. The molecule has 2 heterocycles. The normalized spacial score (nSPS) is 15.7. The van der Waals surface area contributed by atoms with E-state index in [1.165, 1.54) is 5.69 Å². The third-order valence-corrected chi connectivity index (χ3v) is 2.72. The smallest absolute Gasteiger partial charge is 0.118 e. The summed E-state index contributed by atoms with van der Waals surface area (Å²) < 4.78 is 13.1. The van der Waals surface area contributed by atoms with E-state index in [1.54, 1.807) is 0 Å². The van der Waals surface area contributed by atoms with Crippen molar-refractivity contribution < 1.29 is 42.2 Å². The van der Waals surface area contributed by atoms with Gasteiger partial charge in [0.25, 0.3) is 0 Å². The van der Waals surface area contributed by atoms with E-state index in [2.05, 4.69) is 20.0 Å². The molecule has 1 aliphatic heterocycles. The minimum Gasteiger partial charge on any atom is -0.554 e. The van der Waals surface area contributed by atoms with Gasteiger partial charge >= 0.3 is 0 Å². The average molecular weight is 283 g/mol. The van der Waals surface area contributed by atoms with E-state index in [9.17, 15) is 0 Å². The number of aryl methyl sites for hydroxylation is 1. The number of hydrogen-bond donors (Lipinski definition) is 0. The third kappa shape index (κ3) is 2.39. The maximum Gasteiger partial charge on any atom is 0.118 e. The predicted molar refractivity (Wildman–Crippen MR) is 53.9 cm³/mol. The first-order valence-electron chi connectivity index (χ1n) is 5.11. The van der Waals surface area contributed by atoms with Crippen LogP contribution >= 0.6 is 0 Å². The number of nitrogens with zero attached hydrogens (tertiary/aromatic N) is 1. The van der Waals surface area contributed by atoms with Crippen LogP contribution in [-0.2, 0) is 39.8 Å². The molecule has 0 saturated carbocycles. The fourth-order valence-electron chi connectivity index (χ4n) is 1.80. The van der Waals surface area contributed by atoms with Gasteiger partial charge in [-0.25, -0.2) is 0 Å². The van der Waals surface area contributed by atoms with Gasteiger partial charge in [-0.1, -0.05) is 38.1 Å². The molecule has 0 saturated heterocycles. The van der Waals surface area contributed by atoms with Crippen LogP contribution in [0.25, 0.3) is 0 Å². The second-order valence-electron chi connectivity index (χ2n) is 3.72. The first-order valence-corrected chi connectivity index (χ1v) is 5.11. The molecule has 0 amide bonds. The number of hydrogen-bond acceptors (Lipinski definition) is 2. The first-order chi connectivity index (χ1) is 6.74. The molecule has 0 bridgehead atoms. The molecule has 1 unspecified atom stereocenters. The van der Waals surface area contributed by atoms with Crippen LogP contribution in [0.15, 0.2) is 0 Å². The van der Waals surface area contributed by atoms with Crippen molar-refractivity contribution in [1.82, 2.24) is 4.57 Å². The van der Waals surface area contributed by atoms with E-state index in [0.717, 1.165) is 17.9 Å². The summed E-state index contributed by atoms with van der Waals surface area (Å²) in [5, 5.41) is 0. The molecule has 0 aliphatic carbocycles. The Morgan fingerprint density at radius 3 is 2.73 bits per heavy atom. The van der Waals surface area contributed by atoms with Crippen LogP contribution in [0, 0.1) is 6.20 Å². The van der Waals surface area contributed by atoms with Crippen LogP contribution in [-0.4, -0.2) is 17.8 Å². The Morgan fingerprint density at radius 2 is 2.07 bits per heavy atom. The van der Waals surface area contributed by atoms with Crippen LogP contribution in [0.1, 0.15) is 31.9 Å². The van der Waals surface area contributed by atoms with Gasteiger partial charge in [-0.2, -0.15) is 0 Å². The van der Waals surface area contributed by atoms with Crippen LogP contribution in [0.5, 0.6) is 11.5 Å². The second kappa shape index (κ2) is 5.35. The molecule has 1 radical (unpaired) electrons. The molecule has 0 fully saturated rings. The number of fused-ring (bicyclic) bond motifs is 1. The molecule has 4 heteroatoms. The summed E-state index contributed by atoms with van der Waals surface area (Å²) in [5.74, 6) is 2.16. The zero-order valence-electron chi connectivity index (χ0n) is 9.54. The Bertz CT molecular complexity index is 336. The Hall–Kier alpha value is -0.0161. The van der Waals surface area contributed by atoms with Gasteiger partial charge in [0, 0.05) is 38.5 Å². The van der Waals surface area contributed by atoms with Gasteiger partial charge in [0.2, 0.25) is 0 Å². The summed E-state index contributed by atoms with van der Waals surface area (Å²) in [6.45, 7) is 5.65. The summed E-state index contributed by atoms with van der Waals surface area (Å²) in [6, 6.07) is 0. The van der Waals surface area contributed by atoms with E-state index in [1.807, 2.05) is 11.6 Å². The Kier molecular flexibility index (Phi) is 4.66. The number of ether oxygens (including phenoxy) is 2. The molecule has 0 N–H and O–H groups in total. The van der Waals surface area contributed by atoms with Gasteiger partial charge < -0.3 is 14.0 Å². The summed E-state index contributed by atoms with van der Waals surface area (Å²) in [5.41, 5.74) is 1.20. The summed E-state index contributed by atoms with van der Waals surface area (Å²) >= 11 is 0. The van der Waals surface area contributed by atoms with Gasteiger partial charge in [0.05, 0.1) is 5.75 Å². The van der Waals surface area contributed by atoms with Crippen molar-refractivity contribution in [2.45, 2.75) is 26.2 Å². The Balaban J connectivity index is 0.00000112. The van der Waals surface area contributed by atoms with Crippen LogP contribution in [0.3, 0.4) is 0 Å². The van der Waals surface area contributed by atoms with Crippen LogP contribution in [0.2, 0.25) is 0 Å². The van der Waals surface area contributed by atoms with Gasteiger partial charge in [0.15, 0.2) is 0 Å². The van der Waals surface area contributed by atoms with Crippen molar-refractivity contribution in [1.29, 1.82) is 0 Å². The number of rotatable bonds is 2. The van der Waals surface area contributed by atoms with E-state index in [-0.39, 0.29) is 32.7 Å². The summed E-state index contributed by atoms with van der Waals surface area (Å²) in [6.07, 6.45) is 4.25. The van der Waals surface area contributed by atoms with Gasteiger partial charge in [0.1, 0.15) is 13.2 Å². The molecule has 1 atom stereocenters. The fraction of sp³-hybridized carbons (Fsp3) is 0.636. The molecule has 3 nitrogen and oxygen atoms in total. The zero-order valence-corrected chi connectivity index (χ0v) is 12.4. The van der Waals surface area contributed by atoms with Gasteiger partial charge in [-0.15, -0.1) is 0 Å². The molecule has 81 valence electrons. The first kappa shape index (κ1) is 13.1. The van der Waals surface area contributed by atoms with Crippen molar-refractivity contribution in [2.24, 2.45) is 7.05 Å². The molecule has 2 rings (SSSR count). The zero-order chi connectivity index (χ0) is 10.1. The van der Waals surface area contributed by atoms with Crippen molar-refractivity contribution in [3.05, 3.63) is 11.9 Å². The summed E-state index contributed by atoms with van der Waals surface area (Å²) in [4.78, 5) is 0. The van der Waals surface area contributed by atoms with Crippen molar-refractivity contribution >= 4 is 0 Å². The number of aromatic nitrogens is 1. The Morgan fingerprint density at radius 1 is 1.40 bits per heavy atom. The molecule has 0 spiro atoms. The molecule has 0 aromatic carbocycles. The minimum absolute atomic E-state index is 0. The standard InChI is InChI=1S/C11H16NO2.Y/c1-4-8(2)10-11-9(7-12(10)3)13-5-6-14-11;/h8H,4-6H2,1-3H3;/q-1;. The average Bonchev–Trinajstić information content (AvgIpc) is 2.53. The fourth-order valence-corrected chi connectivity index (χ4v) is 1.80. The van der Waals surface area contributed by atoms with E-state index < -0.39 is 0 Å². The Labute approximate surface area is 116 Å². The quantitative estimate of drug-likeness (QED) is 0.776. The molecule has 15 heavy (non-hydrogen) atoms. The SMILES string of the molecule is CCC(C)c1c2c([c-]n1C)OCCO2.[Y]. The summed E-state index contributed by atoms with van der Waals surface area (Å²) in [7, 11) is 1.99. The topological polar surface area (TPSA) is 23.4 Å². The van der Waals surface area contributed by atoms with E-state index in [4.69, 9.17) is 9.47 Å². The largest absolute Gasteiger partial charge is 0.554 e. The third-order valence-electron chi connectivity index (χ3n) is 2.72. The minimum atomic E-state index is 0. The predicted octanol–water partition coefficient (Wildman–Crippen LogP) is 2.11. The van der Waals surface area contributed by atoms with Gasteiger partial charge in [-0.3, -0.25) is 0 Å².